The molecule has 102 valence electrons. The van der Waals surface area contributed by atoms with E-state index in [9.17, 15) is 4.79 Å². The number of aromatic amines is 1. The molecule has 0 unspecified atom stereocenters. The van der Waals surface area contributed by atoms with Gasteiger partial charge in [0, 0.05) is 18.7 Å². The van der Waals surface area contributed by atoms with Crippen LogP contribution in [0.2, 0.25) is 0 Å². The van der Waals surface area contributed by atoms with Gasteiger partial charge in [0.25, 0.3) is 0 Å². The van der Waals surface area contributed by atoms with Gasteiger partial charge in [-0.05, 0) is 24.6 Å². The summed E-state index contributed by atoms with van der Waals surface area (Å²) in [5.41, 5.74) is 1.10. The summed E-state index contributed by atoms with van der Waals surface area (Å²) in [4.78, 5) is 15.6. The molecule has 0 bridgehead atoms. The Morgan fingerprint density at radius 3 is 3.10 bits per heavy atom. The lowest BCUT2D eigenvalue weighted by atomic mass is 10.2. The summed E-state index contributed by atoms with van der Waals surface area (Å²) in [7, 11) is 0. The Morgan fingerprint density at radius 1 is 1.45 bits per heavy atom. The number of hydrogen-bond donors (Lipinski definition) is 3. The molecule has 0 saturated carbocycles. The van der Waals surface area contributed by atoms with Gasteiger partial charge < -0.3 is 10.6 Å². The number of aromatic nitrogens is 3. The van der Waals surface area contributed by atoms with Crippen LogP contribution in [0.25, 0.3) is 0 Å². The quantitative estimate of drug-likeness (QED) is 0.714. The van der Waals surface area contributed by atoms with Crippen molar-refractivity contribution in [3.05, 3.63) is 42.0 Å². The van der Waals surface area contributed by atoms with Gasteiger partial charge in [-0.1, -0.05) is 6.07 Å². The van der Waals surface area contributed by atoms with Crippen LogP contribution in [0.3, 0.4) is 0 Å². The van der Waals surface area contributed by atoms with E-state index >= 15 is 0 Å². The molecule has 0 aliphatic rings. The van der Waals surface area contributed by atoms with Crippen LogP contribution in [0.4, 0.5) is 10.5 Å². The molecule has 2 rings (SSSR count). The number of H-pyrrole nitrogens is 1. The second kappa shape index (κ2) is 6.89. The summed E-state index contributed by atoms with van der Waals surface area (Å²) < 4.78 is 0. The number of nitrogens with one attached hydrogen (secondary N) is 3. The molecule has 0 aliphatic heterocycles. The fourth-order valence-corrected chi connectivity index (χ4v) is 1.65. The Hall–Kier alpha value is -2.88. The van der Waals surface area contributed by atoms with Gasteiger partial charge in [-0.3, -0.25) is 5.10 Å². The van der Waals surface area contributed by atoms with Gasteiger partial charge in [-0.25, -0.2) is 9.78 Å². The van der Waals surface area contributed by atoms with Crippen molar-refractivity contribution in [1.82, 2.24) is 20.5 Å². The van der Waals surface area contributed by atoms with Crippen molar-refractivity contribution >= 4 is 11.7 Å². The predicted molar refractivity (Wildman–Crippen MR) is 72.9 cm³/mol. The van der Waals surface area contributed by atoms with Crippen LogP contribution in [-0.2, 0) is 6.42 Å². The third-order valence-electron chi connectivity index (χ3n) is 2.59. The number of rotatable bonds is 5. The van der Waals surface area contributed by atoms with Crippen molar-refractivity contribution in [2.75, 3.05) is 11.9 Å². The number of aryl methyl sites for hydroxylation is 1. The van der Waals surface area contributed by atoms with Crippen molar-refractivity contribution in [2.24, 2.45) is 0 Å². The lowest BCUT2D eigenvalue weighted by molar-refractivity contribution is 0.252. The van der Waals surface area contributed by atoms with Gasteiger partial charge in [0.15, 0.2) is 0 Å². The third-order valence-corrected chi connectivity index (χ3v) is 2.59. The molecule has 1 aromatic heterocycles. The minimum atomic E-state index is -0.294. The highest BCUT2D eigenvalue weighted by atomic mass is 16.2. The molecule has 0 saturated heterocycles. The summed E-state index contributed by atoms with van der Waals surface area (Å²) in [5, 5.41) is 20.7. The van der Waals surface area contributed by atoms with E-state index in [1.165, 1.54) is 6.33 Å². The van der Waals surface area contributed by atoms with E-state index in [1.807, 2.05) is 6.07 Å². The van der Waals surface area contributed by atoms with E-state index in [2.05, 4.69) is 25.8 Å². The second-order valence-electron chi connectivity index (χ2n) is 4.11. The van der Waals surface area contributed by atoms with E-state index in [0.29, 0.717) is 17.8 Å². The number of hydrogen-bond acceptors (Lipinski definition) is 4. The smallest absolute Gasteiger partial charge is 0.319 e. The highest BCUT2D eigenvalue weighted by Gasteiger charge is 2.02. The van der Waals surface area contributed by atoms with E-state index in [1.54, 1.807) is 24.3 Å². The van der Waals surface area contributed by atoms with Crippen LogP contribution in [0.5, 0.6) is 0 Å². The fraction of sp³-hybridized carbons (Fsp3) is 0.231. The average Bonchev–Trinajstić information content (AvgIpc) is 2.97. The zero-order valence-corrected chi connectivity index (χ0v) is 10.8. The molecule has 0 aliphatic carbocycles. The van der Waals surface area contributed by atoms with Crippen LogP contribution in [-0.4, -0.2) is 27.8 Å². The predicted octanol–water partition coefficient (Wildman–Crippen LogP) is 1.43. The van der Waals surface area contributed by atoms with E-state index in [0.717, 1.165) is 18.7 Å². The van der Waals surface area contributed by atoms with Gasteiger partial charge in [0.05, 0.1) is 11.6 Å². The maximum Gasteiger partial charge on any atom is 0.319 e. The van der Waals surface area contributed by atoms with Gasteiger partial charge in [-0.2, -0.15) is 10.4 Å². The van der Waals surface area contributed by atoms with Crippen LogP contribution < -0.4 is 10.6 Å². The highest BCUT2D eigenvalue weighted by Crippen LogP contribution is 2.09. The molecule has 7 nitrogen and oxygen atoms in total. The number of nitrogens with zero attached hydrogens (tertiary/aromatic N) is 3. The van der Waals surface area contributed by atoms with Crippen molar-refractivity contribution < 1.29 is 4.79 Å². The lowest BCUT2D eigenvalue weighted by Crippen LogP contribution is -2.29. The Bertz CT molecular complexity index is 602. The first kappa shape index (κ1) is 13.5. The van der Waals surface area contributed by atoms with Crippen LogP contribution in [0.1, 0.15) is 17.8 Å². The maximum atomic E-state index is 11.6. The lowest BCUT2D eigenvalue weighted by Gasteiger charge is -2.07. The number of carbonyl (C=O) groups is 1. The molecular weight excluding hydrogens is 256 g/mol. The molecule has 0 radical (unpaired) electrons. The van der Waals surface area contributed by atoms with Crippen LogP contribution >= 0.6 is 0 Å². The molecule has 2 aromatic rings. The van der Waals surface area contributed by atoms with Crippen LogP contribution in [0, 0.1) is 11.3 Å². The Balaban J connectivity index is 1.71. The Labute approximate surface area is 116 Å². The first-order chi connectivity index (χ1) is 9.78. The molecule has 20 heavy (non-hydrogen) atoms. The monoisotopic (exact) mass is 270 g/mol. The van der Waals surface area contributed by atoms with Gasteiger partial charge in [-0.15, -0.1) is 0 Å². The van der Waals surface area contributed by atoms with Crippen molar-refractivity contribution in [3.8, 4) is 6.07 Å². The first-order valence-corrected chi connectivity index (χ1v) is 6.17. The number of urea groups is 1. The molecule has 7 heteroatoms. The largest absolute Gasteiger partial charge is 0.338 e. The van der Waals surface area contributed by atoms with Crippen molar-refractivity contribution in [3.63, 3.8) is 0 Å². The molecule has 0 spiro atoms. The highest BCUT2D eigenvalue weighted by molar-refractivity contribution is 5.89. The summed E-state index contributed by atoms with van der Waals surface area (Å²) in [6, 6.07) is 8.48. The molecule has 3 N–H and O–H groups in total. The number of carbonyl (C=O) groups excluding carboxylic acids is 1. The minimum Gasteiger partial charge on any atom is -0.338 e. The summed E-state index contributed by atoms with van der Waals surface area (Å²) in [6.45, 7) is 0.532. The molecular formula is C13H14N6O. The van der Waals surface area contributed by atoms with Gasteiger partial charge in [0.2, 0.25) is 0 Å². The van der Waals surface area contributed by atoms with E-state index in [-0.39, 0.29) is 6.03 Å². The standard InChI is InChI=1S/C13H14N6O/c14-8-10-3-1-4-11(7-10)18-13(20)15-6-2-5-12-16-9-17-19-12/h1,3-4,7,9H,2,5-6H2,(H2,15,18,20)(H,16,17,19). The van der Waals surface area contributed by atoms with Crippen LogP contribution in [0.15, 0.2) is 30.6 Å². The fourth-order valence-electron chi connectivity index (χ4n) is 1.65. The second-order valence-corrected chi connectivity index (χ2v) is 4.11. The average molecular weight is 270 g/mol. The third kappa shape index (κ3) is 4.10. The SMILES string of the molecule is N#Cc1cccc(NC(=O)NCCCc2ncn[nH]2)c1. The number of nitriles is 1. The molecule has 0 fully saturated rings. The van der Waals surface area contributed by atoms with Gasteiger partial charge in [0.1, 0.15) is 12.2 Å². The molecule has 2 amide bonds. The van der Waals surface area contributed by atoms with Crippen molar-refractivity contribution in [1.29, 1.82) is 5.26 Å². The van der Waals surface area contributed by atoms with Gasteiger partial charge >= 0.3 is 6.03 Å². The number of benzene rings is 1. The number of anilines is 1. The summed E-state index contributed by atoms with van der Waals surface area (Å²) in [5.74, 6) is 0.800. The Kier molecular flexibility index (Phi) is 4.67. The normalized spacial score (nSPS) is 9.75. The molecule has 0 atom stereocenters. The van der Waals surface area contributed by atoms with E-state index in [4.69, 9.17) is 5.26 Å². The molecule has 1 heterocycles. The van der Waals surface area contributed by atoms with Crippen molar-refractivity contribution in [2.45, 2.75) is 12.8 Å². The molecule has 1 aromatic carbocycles. The summed E-state index contributed by atoms with van der Waals surface area (Å²) in [6.07, 6.45) is 2.95. The zero-order chi connectivity index (χ0) is 14.2. The Morgan fingerprint density at radius 2 is 2.35 bits per heavy atom. The zero-order valence-electron chi connectivity index (χ0n) is 10.8. The first-order valence-electron chi connectivity index (χ1n) is 6.17. The maximum absolute atomic E-state index is 11.6. The summed E-state index contributed by atoms with van der Waals surface area (Å²) >= 11 is 0. The van der Waals surface area contributed by atoms with E-state index < -0.39 is 0 Å². The topological polar surface area (TPSA) is 106 Å². The number of amides is 2. The minimum absolute atomic E-state index is 0.294.